The van der Waals surface area contributed by atoms with E-state index in [9.17, 15) is 9.59 Å². The first-order valence-corrected chi connectivity index (χ1v) is 3.54. The minimum atomic E-state index is -0.526. The fourth-order valence-electron chi connectivity index (χ4n) is 1.05. The van der Waals surface area contributed by atoms with Crippen molar-refractivity contribution in [2.45, 2.75) is 0 Å². The number of nitrogens with zero attached hydrogens (tertiary/aromatic N) is 2. The predicted octanol–water partition coefficient (Wildman–Crippen LogP) is -0.0204. The number of aromatic amines is 1. The van der Waals surface area contributed by atoms with Gasteiger partial charge in [-0.2, -0.15) is 5.10 Å². The molecule has 0 unspecified atom stereocenters. The van der Waals surface area contributed by atoms with Gasteiger partial charge in [0.1, 0.15) is 5.70 Å². The summed E-state index contributed by atoms with van der Waals surface area (Å²) in [4.78, 5) is 23.4. The van der Waals surface area contributed by atoms with Crippen LogP contribution in [0.1, 0.15) is 0 Å². The Balaban J connectivity index is 2.40. The van der Waals surface area contributed by atoms with Gasteiger partial charge >= 0.3 is 6.03 Å². The van der Waals surface area contributed by atoms with Crippen LogP contribution in [0.15, 0.2) is 24.5 Å². The maximum absolute atomic E-state index is 11.3. The molecule has 66 valence electrons. The summed E-state index contributed by atoms with van der Waals surface area (Å²) in [6.45, 7) is 3.38. The minimum Gasteiger partial charge on any atom is -0.303 e. The average molecular weight is 178 g/mol. The van der Waals surface area contributed by atoms with Gasteiger partial charge in [0.05, 0.1) is 0 Å². The highest BCUT2D eigenvalue weighted by atomic mass is 16.2. The number of carbonyl (C=O) groups is 2. The number of anilines is 1. The minimum absolute atomic E-state index is 0.0630. The predicted molar refractivity (Wildman–Crippen MR) is 43.7 cm³/mol. The number of carbonyl (C=O) groups excluding carboxylic acids is 2. The number of H-pyrrole nitrogens is 1. The molecule has 6 nitrogen and oxygen atoms in total. The van der Waals surface area contributed by atoms with Crippen LogP contribution in [0.4, 0.5) is 10.6 Å². The van der Waals surface area contributed by atoms with Gasteiger partial charge in [-0.05, 0) is 0 Å². The highest BCUT2D eigenvalue weighted by Gasteiger charge is 2.34. The van der Waals surface area contributed by atoms with Gasteiger partial charge in [-0.15, -0.1) is 0 Å². The van der Waals surface area contributed by atoms with Crippen molar-refractivity contribution in [1.82, 2.24) is 15.5 Å². The van der Waals surface area contributed by atoms with Crippen LogP contribution in [0, 0.1) is 0 Å². The van der Waals surface area contributed by atoms with Crippen LogP contribution in [-0.4, -0.2) is 22.1 Å². The molecule has 0 aliphatic carbocycles. The summed E-state index contributed by atoms with van der Waals surface area (Å²) in [5.74, 6) is -0.210. The van der Waals surface area contributed by atoms with Gasteiger partial charge in [-0.1, -0.05) is 6.58 Å². The lowest BCUT2D eigenvalue weighted by Crippen LogP contribution is -2.30. The maximum atomic E-state index is 11.3. The molecule has 0 radical (unpaired) electrons. The van der Waals surface area contributed by atoms with Crippen molar-refractivity contribution in [3.8, 4) is 0 Å². The van der Waals surface area contributed by atoms with E-state index in [1.807, 2.05) is 0 Å². The molecule has 6 heteroatoms. The van der Waals surface area contributed by atoms with Gasteiger partial charge < -0.3 is 5.32 Å². The summed E-state index contributed by atoms with van der Waals surface area (Å²) in [5, 5.41) is 8.51. The summed E-state index contributed by atoms with van der Waals surface area (Å²) in [6.07, 6.45) is 1.52. The molecule has 2 N–H and O–H groups in total. The monoisotopic (exact) mass is 178 g/mol. The number of imide groups is 1. The van der Waals surface area contributed by atoms with E-state index in [1.54, 1.807) is 0 Å². The Kier molecular flexibility index (Phi) is 1.42. The molecule has 13 heavy (non-hydrogen) atoms. The largest absolute Gasteiger partial charge is 0.334 e. The molecular formula is C7H6N4O2. The van der Waals surface area contributed by atoms with E-state index in [0.29, 0.717) is 0 Å². The molecule has 0 atom stereocenters. The number of nitrogens with one attached hydrogen (secondary N) is 2. The molecule has 1 aliphatic rings. The molecule has 0 bridgehead atoms. The maximum Gasteiger partial charge on any atom is 0.334 e. The van der Waals surface area contributed by atoms with Gasteiger partial charge in [0, 0.05) is 12.3 Å². The zero-order chi connectivity index (χ0) is 9.42. The fraction of sp³-hybridized carbons (Fsp3) is 0. The molecule has 2 rings (SSSR count). The Morgan fingerprint density at radius 1 is 1.46 bits per heavy atom. The first kappa shape index (κ1) is 7.53. The smallest absolute Gasteiger partial charge is 0.303 e. The second kappa shape index (κ2) is 2.44. The van der Waals surface area contributed by atoms with Gasteiger partial charge in [0.25, 0.3) is 5.91 Å². The molecular weight excluding hydrogens is 172 g/mol. The quantitative estimate of drug-likeness (QED) is 0.468. The SMILES string of the molecule is C=C1NC(=O)N(c2cc[nH]n2)C1=O. The summed E-state index contributed by atoms with van der Waals surface area (Å²) in [7, 11) is 0. The first-order valence-electron chi connectivity index (χ1n) is 3.54. The van der Waals surface area contributed by atoms with E-state index in [0.717, 1.165) is 4.90 Å². The third kappa shape index (κ3) is 0.994. The van der Waals surface area contributed by atoms with Crippen molar-refractivity contribution < 1.29 is 9.59 Å². The highest BCUT2D eigenvalue weighted by Crippen LogP contribution is 2.16. The third-order valence-electron chi connectivity index (χ3n) is 1.64. The molecule has 2 heterocycles. The normalized spacial score (nSPS) is 16.6. The Morgan fingerprint density at radius 3 is 2.69 bits per heavy atom. The van der Waals surface area contributed by atoms with Crippen LogP contribution in [0.25, 0.3) is 0 Å². The van der Waals surface area contributed by atoms with E-state index in [2.05, 4.69) is 22.1 Å². The van der Waals surface area contributed by atoms with Crippen LogP contribution < -0.4 is 10.2 Å². The van der Waals surface area contributed by atoms with E-state index in [1.165, 1.54) is 12.3 Å². The van der Waals surface area contributed by atoms with Crippen molar-refractivity contribution >= 4 is 17.8 Å². The number of hydrogen-bond donors (Lipinski definition) is 2. The summed E-state index contributed by atoms with van der Waals surface area (Å²) in [6, 6.07) is 0.998. The lowest BCUT2D eigenvalue weighted by atomic mass is 10.4. The standard InChI is InChI=1S/C7H6N4O2/c1-4-6(12)11(7(13)9-4)5-2-3-8-10-5/h2-3H,1H2,(H,8,10)(H,9,13). The lowest BCUT2D eigenvalue weighted by molar-refractivity contribution is -0.113. The molecule has 1 fully saturated rings. The second-order valence-corrected chi connectivity index (χ2v) is 2.48. The highest BCUT2D eigenvalue weighted by molar-refractivity contribution is 6.26. The van der Waals surface area contributed by atoms with Crippen LogP contribution in [-0.2, 0) is 4.79 Å². The first-order chi connectivity index (χ1) is 6.20. The van der Waals surface area contributed by atoms with Crippen LogP contribution in [0.3, 0.4) is 0 Å². The van der Waals surface area contributed by atoms with Crippen LogP contribution >= 0.6 is 0 Å². The lowest BCUT2D eigenvalue weighted by Gasteiger charge is -2.05. The number of rotatable bonds is 1. The topological polar surface area (TPSA) is 78.1 Å². The summed E-state index contributed by atoms with van der Waals surface area (Å²) < 4.78 is 0. The Morgan fingerprint density at radius 2 is 2.23 bits per heavy atom. The average Bonchev–Trinajstić information content (AvgIpc) is 2.63. The van der Waals surface area contributed by atoms with Crippen molar-refractivity contribution in [2.75, 3.05) is 4.90 Å². The van der Waals surface area contributed by atoms with Gasteiger partial charge in [-0.25, -0.2) is 9.69 Å². The van der Waals surface area contributed by atoms with Gasteiger partial charge in [0.15, 0.2) is 5.82 Å². The van der Waals surface area contributed by atoms with E-state index in [-0.39, 0.29) is 11.5 Å². The van der Waals surface area contributed by atoms with Crippen molar-refractivity contribution in [2.24, 2.45) is 0 Å². The molecule has 1 aromatic rings. The van der Waals surface area contributed by atoms with E-state index >= 15 is 0 Å². The molecule has 1 aromatic heterocycles. The number of hydrogen-bond acceptors (Lipinski definition) is 3. The molecule has 0 aromatic carbocycles. The zero-order valence-electron chi connectivity index (χ0n) is 6.57. The Hall–Kier alpha value is -2.11. The Bertz CT molecular complexity index is 381. The molecule has 3 amide bonds. The van der Waals surface area contributed by atoms with Crippen molar-refractivity contribution in [3.63, 3.8) is 0 Å². The summed E-state index contributed by atoms with van der Waals surface area (Å²) >= 11 is 0. The van der Waals surface area contributed by atoms with Gasteiger partial charge in [0.2, 0.25) is 0 Å². The fourth-order valence-corrected chi connectivity index (χ4v) is 1.05. The molecule has 1 aliphatic heterocycles. The summed E-state index contributed by atoms with van der Waals surface area (Å²) in [5.41, 5.74) is 0.0630. The van der Waals surface area contributed by atoms with E-state index < -0.39 is 11.9 Å². The number of urea groups is 1. The number of amides is 3. The zero-order valence-corrected chi connectivity index (χ0v) is 6.57. The molecule has 1 saturated heterocycles. The Labute approximate surface area is 73.2 Å². The number of aromatic nitrogens is 2. The molecule has 0 spiro atoms. The van der Waals surface area contributed by atoms with E-state index in [4.69, 9.17) is 0 Å². The third-order valence-corrected chi connectivity index (χ3v) is 1.64. The second-order valence-electron chi connectivity index (χ2n) is 2.48. The van der Waals surface area contributed by atoms with Gasteiger partial charge in [-0.3, -0.25) is 9.89 Å². The molecule has 0 saturated carbocycles. The van der Waals surface area contributed by atoms with Crippen LogP contribution in [0.2, 0.25) is 0 Å². The van der Waals surface area contributed by atoms with Crippen LogP contribution in [0.5, 0.6) is 0 Å². The van der Waals surface area contributed by atoms with Crippen molar-refractivity contribution in [3.05, 3.63) is 24.5 Å². The van der Waals surface area contributed by atoms with Crippen molar-refractivity contribution in [1.29, 1.82) is 0 Å².